The van der Waals surface area contributed by atoms with Gasteiger partial charge in [-0.1, -0.05) is 30.3 Å². The molecule has 0 spiro atoms. The highest BCUT2D eigenvalue weighted by Gasteiger charge is 2.14. The minimum Gasteiger partial charge on any atom is -0.489 e. The molecule has 6 nitrogen and oxygen atoms in total. The van der Waals surface area contributed by atoms with Crippen molar-refractivity contribution < 1.29 is 9.47 Å². The van der Waals surface area contributed by atoms with Crippen LogP contribution >= 0.6 is 0 Å². The van der Waals surface area contributed by atoms with Crippen molar-refractivity contribution in [3.8, 4) is 5.75 Å². The summed E-state index contributed by atoms with van der Waals surface area (Å²) in [5.41, 5.74) is 1.58. The van der Waals surface area contributed by atoms with E-state index in [1.807, 2.05) is 30.3 Å². The number of nitrogens with zero attached hydrogens (tertiary/aromatic N) is 3. The van der Waals surface area contributed by atoms with Crippen LogP contribution in [0.15, 0.2) is 59.5 Å². The van der Waals surface area contributed by atoms with Crippen LogP contribution < -0.4 is 15.2 Å². The Morgan fingerprint density at radius 1 is 1.08 bits per heavy atom. The van der Waals surface area contributed by atoms with Gasteiger partial charge in [-0.25, -0.2) is 4.98 Å². The lowest BCUT2D eigenvalue weighted by atomic mass is 10.2. The summed E-state index contributed by atoms with van der Waals surface area (Å²) in [6.07, 6.45) is 1.70. The smallest absolute Gasteiger partial charge is 0.259 e. The van der Waals surface area contributed by atoms with E-state index in [0.29, 0.717) is 37.0 Å². The van der Waals surface area contributed by atoms with Gasteiger partial charge in [-0.15, -0.1) is 0 Å². The summed E-state index contributed by atoms with van der Waals surface area (Å²) < 4.78 is 12.7. The zero-order chi connectivity index (χ0) is 17.1. The first-order valence-electron chi connectivity index (χ1n) is 8.32. The number of pyridine rings is 1. The normalized spacial score (nSPS) is 14.6. The van der Waals surface area contributed by atoms with Gasteiger partial charge in [0.05, 0.1) is 13.2 Å². The molecule has 0 amide bonds. The van der Waals surface area contributed by atoms with Crippen LogP contribution in [0.4, 0.5) is 5.82 Å². The number of morpholine rings is 1. The first-order chi connectivity index (χ1) is 12.3. The zero-order valence-corrected chi connectivity index (χ0v) is 13.8. The molecule has 4 rings (SSSR count). The standard InChI is InChI=1S/C19H19N3O3/c23-19-13-17(21-8-10-24-11-9-21)20-18-12-16(6-7-22(18)19)25-14-15-4-2-1-3-5-15/h1-7,12-13H,8-11,14H2. The fourth-order valence-electron chi connectivity index (χ4n) is 2.86. The van der Waals surface area contributed by atoms with Gasteiger partial charge in [0.1, 0.15) is 23.8 Å². The molecular weight excluding hydrogens is 318 g/mol. The second-order valence-electron chi connectivity index (χ2n) is 5.92. The first kappa shape index (κ1) is 15.7. The lowest BCUT2D eigenvalue weighted by molar-refractivity contribution is 0.122. The van der Waals surface area contributed by atoms with Gasteiger partial charge in [-0.3, -0.25) is 9.20 Å². The van der Waals surface area contributed by atoms with Crippen molar-refractivity contribution in [1.82, 2.24) is 9.38 Å². The Morgan fingerprint density at radius 3 is 2.68 bits per heavy atom. The van der Waals surface area contributed by atoms with E-state index in [0.717, 1.165) is 18.7 Å². The molecule has 0 aliphatic carbocycles. The fourth-order valence-corrected chi connectivity index (χ4v) is 2.86. The molecule has 1 saturated heterocycles. The summed E-state index contributed by atoms with van der Waals surface area (Å²) in [7, 11) is 0. The van der Waals surface area contributed by atoms with Crippen LogP contribution in [0, 0.1) is 0 Å². The predicted octanol–water partition coefficient (Wildman–Crippen LogP) is 2.11. The third-order valence-electron chi connectivity index (χ3n) is 4.21. The Balaban J connectivity index is 1.60. The van der Waals surface area contributed by atoms with E-state index in [1.165, 1.54) is 4.40 Å². The second kappa shape index (κ2) is 6.94. The van der Waals surface area contributed by atoms with Gasteiger partial charge in [-0.2, -0.15) is 0 Å². The van der Waals surface area contributed by atoms with Gasteiger partial charge < -0.3 is 14.4 Å². The molecule has 3 aromatic rings. The van der Waals surface area contributed by atoms with Crippen molar-refractivity contribution in [3.63, 3.8) is 0 Å². The third kappa shape index (κ3) is 3.49. The molecule has 3 heterocycles. The van der Waals surface area contributed by atoms with Crippen LogP contribution in [0.1, 0.15) is 5.56 Å². The number of anilines is 1. The summed E-state index contributed by atoms with van der Waals surface area (Å²) in [6.45, 7) is 3.27. The van der Waals surface area contributed by atoms with Crippen LogP contribution in [-0.4, -0.2) is 35.7 Å². The maximum absolute atomic E-state index is 12.4. The number of aromatic nitrogens is 2. The molecule has 1 aromatic carbocycles. The predicted molar refractivity (Wildman–Crippen MR) is 95.3 cm³/mol. The number of benzene rings is 1. The number of fused-ring (bicyclic) bond motifs is 1. The number of hydrogen-bond acceptors (Lipinski definition) is 5. The van der Waals surface area contributed by atoms with Gasteiger partial charge in [0.2, 0.25) is 0 Å². The minimum atomic E-state index is -0.0962. The van der Waals surface area contributed by atoms with Crippen molar-refractivity contribution in [2.24, 2.45) is 0 Å². The Hall–Kier alpha value is -2.86. The van der Waals surface area contributed by atoms with Crippen LogP contribution in [-0.2, 0) is 11.3 Å². The average Bonchev–Trinajstić information content (AvgIpc) is 2.67. The topological polar surface area (TPSA) is 56.1 Å². The van der Waals surface area contributed by atoms with Gasteiger partial charge in [-0.05, 0) is 11.6 Å². The lowest BCUT2D eigenvalue weighted by Crippen LogP contribution is -2.37. The molecule has 6 heteroatoms. The molecule has 1 aliphatic heterocycles. The Labute approximate surface area is 145 Å². The Kier molecular flexibility index (Phi) is 4.35. The third-order valence-corrected chi connectivity index (χ3v) is 4.21. The van der Waals surface area contributed by atoms with E-state index >= 15 is 0 Å². The summed E-state index contributed by atoms with van der Waals surface area (Å²) in [6, 6.07) is 15.1. The minimum absolute atomic E-state index is 0.0962. The molecule has 0 atom stereocenters. The molecule has 0 saturated carbocycles. The highest BCUT2D eigenvalue weighted by atomic mass is 16.5. The van der Waals surface area contributed by atoms with E-state index in [1.54, 1.807) is 24.4 Å². The van der Waals surface area contributed by atoms with Crippen LogP contribution in [0.3, 0.4) is 0 Å². The number of rotatable bonds is 4. The van der Waals surface area contributed by atoms with Crippen molar-refractivity contribution >= 4 is 11.5 Å². The van der Waals surface area contributed by atoms with E-state index in [2.05, 4.69) is 9.88 Å². The monoisotopic (exact) mass is 337 g/mol. The molecule has 0 unspecified atom stereocenters. The van der Waals surface area contributed by atoms with Crippen LogP contribution in [0.5, 0.6) is 5.75 Å². The van der Waals surface area contributed by atoms with Gasteiger partial charge in [0, 0.05) is 31.4 Å². The quantitative estimate of drug-likeness (QED) is 0.730. The summed E-state index contributed by atoms with van der Waals surface area (Å²) in [5, 5.41) is 0. The molecule has 0 N–H and O–H groups in total. The van der Waals surface area contributed by atoms with E-state index < -0.39 is 0 Å². The molecule has 1 aliphatic rings. The molecule has 2 aromatic heterocycles. The van der Waals surface area contributed by atoms with Gasteiger partial charge in [0.15, 0.2) is 0 Å². The first-order valence-corrected chi connectivity index (χ1v) is 8.32. The molecule has 128 valence electrons. The summed E-state index contributed by atoms with van der Waals surface area (Å²) in [4.78, 5) is 19.1. The molecular formula is C19H19N3O3. The van der Waals surface area contributed by atoms with E-state index in [4.69, 9.17) is 9.47 Å². The fraction of sp³-hybridized carbons (Fsp3) is 0.263. The summed E-state index contributed by atoms with van der Waals surface area (Å²) >= 11 is 0. The van der Waals surface area contributed by atoms with Crippen molar-refractivity contribution in [1.29, 1.82) is 0 Å². The van der Waals surface area contributed by atoms with Crippen molar-refractivity contribution in [2.45, 2.75) is 6.61 Å². The molecule has 1 fully saturated rings. The lowest BCUT2D eigenvalue weighted by Gasteiger charge is -2.27. The highest BCUT2D eigenvalue weighted by Crippen LogP contribution is 2.17. The van der Waals surface area contributed by atoms with Crippen LogP contribution in [0.2, 0.25) is 0 Å². The number of ether oxygens (including phenoxy) is 2. The van der Waals surface area contributed by atoms with E-state index in [9.17, 15) is 4.79 Å². The van der Waals surface area contributed by atoms with Gasteiger partial charge >= 0.3 is 0 Å². The van der Waals surface area contributed by atoms with Crippen LogP contribution in [0.25, 0.3) is 5.65 Å². The SMILES string of the molecule is O=c1cc(N2CCOCC2)nc2cc(OCc3ccccc3)ccn12. The van der Waals surface area contributed by atoms with E-state index in [-0.39, 0.29) is 5.56 Å². The maximum Gasteiger partial charge on any atom is 0.259 e. The van der Waals surface area contributed by atoms with Gasteiger partial charge in [0.25, 0.3) is 5.56 Å². The number of hydrogen-bond donors (Lipinski definition) is 0. The largest absolute Gasteiger partial charge is 0.489 e. The molecule has 0 bridgehead atoms. The van der Waals surface area contributed by atoms with Crippen molar-refractivity contribution in [2.75, 3.05) is 31.2 Å². The average molecular weight is 337 g/mol. The molecule has 0 radical (unpaired) electrons. The Morgan fingerprint density at radius 2 is 1.88 bits per heavy atom. The Bertz CT molecular complexity index is 918. The molecule has 25 heavy (non-hydrogen) atoms. The van der Waals surface area contributed by atoms with Crippen molar-refractivity contribution in [3.05, 3.63) is 70.6 Å². The highest BCUT2D eigenvalue weighted by molar-refractivity contribution is 5.51. The zero-order valence-electron chi connectivity index (χ0n) is 13.8. The maximum atomic E-state index is 12.4. The summed E-state index contributed by atoms with van der Waals surface area (Å²) in [5.74, 6) is 1.38. The second-order valence-corrected chi connectivity index (χ2v) is 5.92.